The van der Waals surface area contributed by atoms with E-state index in [4.69, 9.17) is 4.74 Å². The molecule has 0 heterocycles. The van der Waals surface area contributed by atoms with Gasteiger partial charge < -0.3 is 10.1 Å². The molecule has 2 rings (SSSR count). The summed E-state index contributed by atoms with van der Waals surface area (Å²) in [5.41, 5.74) is 1.22. The van der Waals surface area contributed by atoms with E-state index >= 15 is 0 Å². The number of nitro benzene ring substituents is 1. The standard InChI is InChI=1S/C20H16BrN3O4/c1-3-8-28-19-7-4-16(21)11-14(19)10-15(12-22)20(25)23-18-6-5-17(24(26)27)9-13(18)2/h3-7,9-11H,1,8H2,2H3,(H,23,25)/b15-10+. The average molecular weight is 442 g/mol. The number of hydrogen-bond donors (Lipinski definition) is 1. The molecule has 28 heavy (non-hydrogen) atoms. The lowest BCUT2D eigenvalue weighted by atomic mass is 10.1. The van der Waals surface area contributed by atoms with Crippen molar-refractivity contribution in [2.45, 2.75) is 6.92 Å². The van der Waals surface area contributed by atoms with Gasteiger partial charge in [-0.25, -0.2) is 0 Å². The number of hydrogen-bond acceptors (Lipinski definition) is 5. The first-order valence-electron chi connectivity index (χ1n) is 8.07. The van der Waals surface area contributed by atoms with E-state index in [1.165, 1.54) is 24.3 Å². The highest BCUT2D eigenvalue weighted by atomic mass is 79.9. The fourth-order valence-electron chi connectivity index (χ4n) is 2.31. The molecule has 0 atom stereocenters. The molecule has 0 aromatic heterocycles. The molecule has 0 unspecified atom stereocenters. The van der Waals surface area contributed by atoms with Crippen molar-refractivity contribution in [1.82, 2.24) is 0 Å². The van der Waals surface area contributed by atoms with Gasteiger partial charge in [-0.1, -0.05) is 28.6 Å². The van der Waals surface area contributed by atoms with Gasteiger partial charge in [0.25, 0.3) is 11.6 Å². The van der Waals surface area contributed by atoms with Crippen LogP contribution in [0.4, 0.5) is 11.4 Å². The molecule has 0 radical (unpaired) electrons. The van der Waals surface area contributed by atoms with Crippen molar-refractivity contribution in [2.75, 3.05) is 11.9 Å². The second-order valence-electron chi connectivity index (χ2n) is 5.66. The lowest BCUT2D eigenvalue weighted by Crippen LogP contribution is -2.14. The van der Waals surface area contributed by atoms with Crippen LogP contribution in [0.1, 0.15) is 11.1 Å². The minimum atomic E-state index is -0.630. The number of carbonyl (C=O) groups excluding carboxylic acids is 1. The third kappa shape index (κ3) is 5.28. The third-order valence-corrected chi connectivity index (χ3v) is 4.16. The van der Waals surface area contributed by atoms with Gasteiger partial charge >= 0.3 is 0 Å². The summed E-state index contributed by atoms with van der Waals surface area (Å²) in [5.74, 6) is -0.135. The molecule has 0 spiro atoms. The van der Waals surface area contributed by atoms with Crippen molar-refractivity contribution in [1.29, 1.82) is 5.26 Å². The zero-order valence-corrected chi connectivity index (χ0v) is 16.5. The van der Waals surface area contributed by atoms with Gasteiger partial charge in [-0.15, -0.1) is 0 Å². The van der Waals surface area contributed by atoms with Gasteiger partial charge in [-0.2, -0.15) is 5.26 Å². The number of nitrogens with one attached hydrogen (secondary N) is 1. The Balaban J connectivity index is 2.31. The van der Waals surface area contributed by atoms with E-state index in [9.17, 15) is 20.2 Å². The molecule has 8 heteroatoms. The quantitative estimate of drug-likeness (QED) is 0.219. The molecule has 1 amide bonds. The largest absolute Gasteiger partial charge is 0.489 e. The maximum absolute atomic E-state index is 12.5. The molecule has 142 valence electrons. The average Bonchev–Trinajstić information content (AvgIpc) is 2.66. The Morgan fingerprint density at radius 2 is 2.14 bits per heavy atom. The summed E-state index contributed by atoms with van der Waals surface area (Å²) < 4.78 is 6.31. The first kappa shape index (κ1) is 20.9. The monoisotopic (exact) mass is 441 g/mol. The molecular formula is C20H16BrN3O4. The molecule has 0 fully saturated rings. The van der Waals surface area contributed by atoms with Crippen LogP contribution in [-0.2, 0) is 4.79 Å². The van der Waals surface area contributed by atoms with Crippen LogP contribution in [0.15, 0.2) is 59.1 Å². The van der Waals surface area contributed by atoms with Crippen molar-refractivity contribution in [3.05, 3.63) is 80.3 Å². The van der Waals surface area contributed by atoms with E-state index in [-0.39, 0.29) is 17.9 Å². The predicted molar refractivity (Wildman–Crippen MR) is 110 cm³/mol. The molecule has 0 aliphatic rings. The van der Waals surface area contributed by atoms with Gasteiger partial charge in [0, 0.05) is 27.9 Å². The fourth-order valence-corrected chi connectivity index (χ4v) is 2.69. The molecule has 0 saturated carbocycles. The number of halogens is 1. The zero-order chi connectivity index (χ0) is 20.7. The van der Waals surface area contributed by atoms with Crippen LogP contribution in [0.3, 0.4) is 0 Å². The molecule has 0 aliphatic heterocycles. The van der Waals surface area contributed by atoms with E-state index < -0.39 is 10.8 Å². The van der Waals surface area contributed by atoms with Gasteiger partial charge in [-0.3, -0.25) is 14.9 Å². The predicted octanol–water partition coefficient (Wildman–Crippen LogP) is 4.78. The van der Waals surface area contributed by atoms with E-state index in [0.29, 0.717) is 22.6 Å². The molecule has 2 aromatic rings. The number of anilines is 1. The summed E-state index contributed by atoms with van der Waals surface area (Å²) in [6, 6.07) is 11.2. The summed E-state index contributed by atoms with van der Waals surface area (Å²) in [6.45, 7) is 5.50. The highest BCUT2D eigenvalue weighted by Gasteiger charge is 2.14. The number of rotatable bonds is 7. The van der Waals surface area contributed by atoms with E-state index in [0.717, 1.165) is 4.47 Å². The number of benzene rings is 2. The molecule has 0 aliphatic carbocycles. The number of nitrogens with zero attached hydrogens (tertiary/aromatic N) is 2. The maximum Gasteiger partial charge on any atom is 0.269 e. The van der Waals surface area contributed by atoms with Crippen molar-refractivity contribution in [2.24, 2.45) is 0 Å². The lowest BCUT2D eigenvalue weighted by molar-refractivity contribution is -0.384. The van der Waals surface area contributed by atoms with Crippen molar-refractivity contribution in [3.63, 3.8) is 0 Å². The van der Waals surface area contributed by atoms with Crippen LogP contribution < -0.4 is 10.1 Å². The molecule has 0 bridgehead atoms. The van der Waals surface area contributed by atoms with Crippen molar-refractivity contribution in [3.8, 4) is 11.8 Å². The molecule has 1 N–H and O–H groups in total. The Labute approximate surface area is 170 Å². The number of aryl methyl sites for hydroxylation is 1. The summed E-state index contributed by atoms with van der Waals surface area (Å²) >= 11 is 3.35. The second-order valence-corrected chi connectivity index (χ2v) is 6.58. The minimum Gasteiger partial charge on any atom is -0.489 e. The van der Waals surface area contributed by atoms with E-state index in [2.05, 4.69) is 27.8 Å². The number of carbonyl (C=O) groups is 1. The van der Waals surface area contributed by atoms with Crippen LogP contribution in [0.5, 0.6) is 5.75 Å². The van der Waals surface area contributed by atoms with Gasteiger partial charge in [0.05, 0.1) is 4.92 Å². The number of ether oxygens (including phenoxy) is 1. The maximum atomic E-state index is 12.5. The van der Waals surface area contributed by atoms with Crippen LogP contribution in [0.2, 0.25) is 0 Å². The second kappa shape index (κ2) is 9.48. The molecule has 7 nitrogen and oxygen atoms in total. The zero-order valence-electron chi connectivity index (χ0n) is 14.9. The first-order valence-corrected chi connectivity index (χ1v) is 8.86. The van der Waals surface area contributed by atoms with Gasteiger partial charge in [-0.05, 0) is 42.8 Å². The van der Waals surface area contributed by atoms with E-state index in [1.807, 2.05) is 6.07 Å². The van der Waals surface area contributed by atoms with Crippen LogP contribution >= 0.6 is 15.9 Å². The number of nitriles is 1. The number of nitro groups is 1. The summed E-state index contributed by atoms with van der Waals surface area (Å²) in [5, 5.41) is 22.8. The number of non-ortho nitro benzene ring substituents is 1. The van der Waals surface area contributed by atoms with Gasteiger partial charge in [0.15, 0.2) is 0 Å². The normalized spacial score (nSPS) is 10.7. The SMILES string of the molecule is C=CCOc1ccc(Br)cc1/C=C(\C#N)C(=O)Nc1ccc([N+](=O)[O-])cc1C. The van der Waals surface area contributed by atoms with E-state index in [1.54, 1.807) is 31.2 Å². The first-order chi connectivity index (χ1) is 13.3. The Morgan fingerprint density at radius 3 is 2.75 bits per heavy atom. The minimum absolute atomic E-state index is 0.0790. The van der Waals surface area contributed by atoms with Crippen LogP contribution in [0.25, 0.3) is 6.08 Å². The molecular weight excluding hydrogens is 426 g/mol. The van der Waals surface area contributed by atoms with Gasteiger partial charge in [0.2, 0.25) is 0 Å². The van der Waals surface area contributed by atoms with Crippen LogP contribution in [-0.4, -0.2) is 17.4 Å². The summed E-state index contributed by atoms with van der Waals surface area (Å²) in [4.78, 5) is 22.8. The van der Waals surface area contributed by atoms with Crippen molar-refractivity contribution >= 4 is 39.3 Å². The molecule has 2 aromatic carbocycles. The fraction of sp³-hybridized carbons (Fsp3) is 0.100. The Kier molecular flexibility index (Phi) is 7.07. The third-order valence-electron chi connectivity index (χ3n) is 3.66. The lowest BCUT2D eigenvalue weighted by Gasteiger charge is -2.10. The summed E-state index contributed by atoms with van der Waals surface area (Å²) in [6.07, 6.45) is 3.00. The topological polar surface area (TPSA) is 105 Å². The van der Waals surface area contributed by atoms with Crippen LogP contribution in [0, 0.1) is 28.4 Å². The molecule has 0 saturated heterocycles. The highest BCUT2D eigenvalue weighted by Crippen LogP contribution is 2.26. The Bertz CT molecular complexity index is 1010. The Hall–Kier alpha value is -3.44. The Morgan fingerprint density at radius 1 is 1.39 bits per heavy atom. The van der Waals surface area contributed by atoms with Gasteiger partial charge in [0.1, 0.15) is 24.0 Å². The van der Waals surface area contributed by atoms with Crippen molar-refractivity contribution < 1.29 is 14.5 Å². The highest BCUT2D eigenvalue weighted by molar-refractivity contribution is 9.10. The smallest absolute Gasteiger partial charge is 0.269 e. The summed E-state index contributed by atoms with van der Waals surface area (Å²) in [7, 11) is 0. The number of amides is 1.